The number of aryl methyl sites for hydroxylation is 4. The smallest absolute Gasteiger partial charge is 0.318 e. The highest BCUT2D eigenvalue weighted by Crippen LogP contribution is 2.45. The molecular weight excluding hydrogens is 636 g/mol. The first kappa shape index (κ1) is 29.7. The summed E-state index contributed by atoms with van der Waals surface area (Å²) in [6.07, 6.45) is 1.02. The lowest BCUT2D eigenvalue weighted by Crippen LogP contribution is -2.37. The third-order valence-corrected chi connectivity index (χ3v) is 10.1. The second kappa shape index (κ2) is 10.5. The van der Waals surface area contributed by atoms with Gasteiger partial charge >= 0.3 is 11.4 Å². The van der Waals surface area contributed by atoms with Crippen molar-refractivity contribution >= 4 is 44.1 Å². The lowest BCUT2D eigenvalue weighted by Gasteiger charge is -2.20. The molecule has 0 unspecified atom stereocenters. The van der Waals surface area contributed by atoms with Crippen LogP contribution in [0.5, 0.6) is 0 Å². The van der Waals surface area contributed by atoms with Gasteiger partial charge < -0.3 is 9.13 Å². The monoisotopic (exact) mass is 666 g/mol. The first-order valence-corrected chi connectivity index (χ1v) is 16.2. The van der Waals surface area contributed by atoms with E-state index in [4.69, 9.17) is 10.2 Å². The van der Waals surface area contributed by atoms with Crippen LogP contribution in [0.25, 0.3) is 55.5 Å². The maximum absolute atomic E-state index is 13.9. The van der Waals surface area contributed by atoms with Gasteiger partial charge in [-0.25, -0.2) is 9.59 Å². The van der Waals surface area contributed by atoms with E-state index in [1.54, 1.807) is 14.1 Å². The predicted molar refractivity (Wildman–Crippen MR) is 189 cm³/mol. The molecule has 0 bridgehead atoms. The molecule has 0 radical (unpaired) electrons. The molecular formula is C36H30N10O4. The van der Waals surface area contributed by atoms with Gasteiger partial charge in [-0.05, 0) is 35.1 Å². The number of fused-ring (bicyclic) bond motifs is 11. The minimum absolute atomic E-state index is 0.210. The van der Waals surface area contributed by atoms with Gasteiger partial charge in [0.2, 0.25) is 0 Å². The van der Waals surface area contributed by atoms with Crippen molar-refractivity contribution in [3.05, 3.63) is 125 Å². The van der Waals surface area contributed by atoms with Gasteiger partial charge in [-0.15, -0.1) is 20.4 Å². The minimum Gasteiger partial charge on any atom is -0.318 e. The summed E-state index contributed by atoms with van der Waals surface area (Å²) in [6.45, 7) is 0.821. The molecule has 1 aliphatic rings. The normalized spacial score (nSPS) is 12.7. The van der Waals surface area contributed by atoms with E-state index in [2.05, 4.69) is 19.3 Å². The molecule has 8 aromatic rings. The van der Waals surface area contributed by atoms with Crippen molar-refractivity contribution in [3.8, 4) is 11.4 Å². The molecule has 0 saturated carbocycles. The Bertz CT molecular complexity index is 2800. The molecule has 2 aromatic carbocycles. The molecule has 6 aromatic heterocycles. The Morgan fingerprint density at radius 3 is 1.22 bits per heavy atom. The average Bonchev–Trinajstić information content (AvgIpc) is 3.63. The van der Waals surface area contributed by atoms with E-state index in [-0.39, 0.29) is 11.3 Å². The molecule has 1 aliphatic carbocycles. The van der Waals surface area contributed by atoms with Crippen molar-refractivity contribution in [2.24, 2.45) is 28.2 Å². The zero-order valence-electron chi connectivity index (χ0n) is 27.7. The third kappa shape index (κ3) is 3.89. The van der Waals surface area contributed by atoms with Crippen molar-refractivity contribution in [1.82, 2.24) is 47.8 Å². The summed E-state index contributed by atoms with van der Waals surface area (Å²) in [4.78, 5) is 53.7. The average molecular weight is 667 g/mol. The molecule has 0 amide bonds. The number of hydrogen-bond donors (Lipinski definition) is 0. The maximum Gasteiger partial charge on any atom is 0.332 e. The van der Waals surface area contributed by atoms with Crippen LogP contribution in [0.2, 0.25) is 0 Å². The van der Waals surface area contributed by atoms with E-state index < -0.39 is 22.5 Å². The van der Waals surface area contributed by atoms with Gasteiger partial charge in [-0.3, -0.25) is 27.9 Å². The van der Waals surface area contributed by atoms with Gasteiger partial charge in [0, 0.05) is 52.1 Å². The molecule has 50 heavy (non-hydrogen) atoms. The fourth-order valence-corrected chi connectivity index (χ4v) is 7.69. The summed E-state index contributed by atoms with van der Waals surface area (Å²) in [6, 6.07) is 19.9. The van der Waals surface area contributed by atoms with Gasteiger partial charge in [0.15, 0.2) is 22.6 Å². The largest absolute Gasteiger partial charge is 0.332 e. The van der Waals surface area contributed by atoms with Gasteiger partial charge in [0.05, 0.1) is 22.2 Å². The third-order valence-electron chi connectivity index (χ3n) is 10.1. The Morgan fingerprint density at radius 2 is 0.840 bits per heavy atom. The van der Waals surface area contributed by atoms with E-state index in [0.717, 1.165) is 42.8 Å². The van der Waals surface area contributed by atoms with Crippen molar-refractivity contribution in [2.45, 2.75) is 25.9 Å². The second-order valence-corrected chi connectivity index (χ2v) is 12.9. The summed E-state index contributed by atoms with van der Waals surface area (Å²) in [5.41, 5.74) is 5.05. The van der Waals surface area contributed by atoms with Crippen LogP contribution >= 0.6 is 0 Å². The molecule has 14 nitrogen and oxygen atoms in total. The van der Waals surface area contributed by atoms with Crippen LogP contribution in [-0.4, -0.2) is 47.8 Å². The van der Waals surface area contributed by atoms with E-state index in [1.807, 2.05) is 60.7 Å². The van der Waals surface area contributed by atoms with Crippen LogP contribution in [0, 0.1) is 0 Å². The van der Waals surface area contributed by atoms with Crippen LogP contribution in [0.3, 0.4) is 0 Å². The van der Waals surface area contributed by atoms with Crippen molar-refractivity contribution in [1.29, 1.82) is 0 Å². The Kier molecular flexibility index (Phi) is 6.25. The summed E-state index contributed by atoms with van der Waals surface area (Å²) in [5, 5.41) is 20.3. The Hall–Kier alpha value is -6.44. The fourth-order valence-electron chi connectivity index (χ4n) is 7.69. The van der Waals surface area contributed by atoms with E-state index in [1.165, 1.54) is 23.2 Å². The maximum atomic E-state index is 13.9. The van der Waals surface area contributed by atoms with Crippen LogP contribution in [-0.2, 0) is 54.1 Å². The zero-order chi connectivity index (χ0) is 34.6. The molecule has 0 fully saturated rings. The highest BCUT2D eigenvalue weighted by Gasteiger charge is 2.35. The quantitative estimate of drug-likeness (QED) is 0.278. The second-order valence-electron chi connectivity index (χ2n) is 12.9. The van der Waals surface area contributed by atoms with Gasteiger partial charge in [-0.1, -0.05) is 60.7 Å². The molecule has 0 saturated heterocycles. The fraction of sp³-hybridized carbons (Fsp3) is 0.222. The Balaban J connectivity index is 1.50. The molecule has 0 atom stereocenters. The summed E-state index contributed by atoms with van der Waals surface area (Å²) >= 11 is 0. The standard InChI is InChI=1S/C36H30N10O4/c1-41-29-25(33(47)43(3)35(41)49)23-21-15-16-22-24-26-30(42(2)36(50)44(4)34(26)48)38-40-32(24)46(18-20-13-9-6-10-14-20)28(22)27(21)45(31(23)39-37-29)17-19-11-7-5-8-12-19/h5-14H,15-18H2,1-4H3. The SMILES string of the molecule is Cn1c(=O)c2c3c4c(n(Cc5ccccc5)c3nnc2n(C)c1=O)-c1c(c2c3c(=O)n(C)c(=O)n(C)c3nnc2n1Cc1ccccc1)CC4. The number of hydrogen-bond acceptors (Lipinski definition) is 8. The Labute approximate surface area is 281 Å². The first-order valence-electron chi connectivity index (χ1n) is 16.2. The number of nitrogens with zero attached hydrogens (tertiary/aromatic N) is 10. The molecule has 14 heteroatoms. The Morgan fingerprint density at radius 1 is 0.480 bits per heavy atom. The first-order chi connectivity index (χ1) is 24.2. The van der Waals surface area contributed by atoms with E-state index in [9.17, 15) is 19.2 Å². The van der Waals surface area contributed by atoms with Crippen molar-refractivity contribution < 1.29 is 0 Å². The van der Waals surface area contributed by atoms with Crippen LogP contribution in [0.4, 0.5) is 0 Å². The topological polar surface area (TPSA) is 149 Å². The molecule has 9 rings (SSSR count). The molecule has 248 valence electrons. The molecule has 0 spiro atoms. The minimum atomic E-state index is -0.486. The van der Waals surface area contributed by atoms with Crippen molar-refractivity contribution in [3.63, 3.8) is 0 Å². The van der Waals surface area contributed by atoms with Gasteiger partial charge in [0.25, 0.3) is 11.1 Å². The van der Waals surface area contributed by atoms with Gasteiger partial charge in [0.1, 0.15) is 0 Å². The zero-order valence-corrected chi connectivity index (χ0v) is 27.7. The summed E-state index contributed by atoms with van der Waals surface area (Å²) in [7, 11) is 6.12. The van der Waals surface area contributed by atoms with Gasteiger partial charge in [-0.2, -0.15) is 0 Å². The van der Waals surface area contributed by atoms with Crippen LogP contribution in [0.15, 0.2) is 79.8 Å². The van der Waals surface area contributed by atoms with Crippen LogP contribution < -0.4 is 22.5 Å². The lowest BCUT2D eigenvalue weighted by molar-refractivity contribution is 0.703. The number of benzene rings is 2. The number of aromatic nitrogens is 10. The predicted octanol–water partition coefficient (Wildman–Crippen LogP) is 2.14. The molecule has 6 heterocycles. The highest BCUT2D eigenvalue weighted by atomic mass is 16.2. The molecule has 0 aliphatic heterocycles. The van der Waals surface area contributed by atoms with Crippen molar-refractivity contribution in [2.75, 3.05) is 0 Å². The van der Waals surface area contributed by atoms with Crippen LogP contribution in [0.1, 0.15) is 22.3 Å². The van der Waals surface area contributed by atoms with E-state index >= 15 is 0 Å². The highest BCUT2D eigenvalue weighted by molar-refractivity contribution is 6.11. The summed E-state index contributed by atoms with van der Waals surface area (Å²) in [5.74, 6) is 0. The lowest BCUT2D eigenvalue weighted by atomic mass is 9.91. The molecule has 0 N–H and O–H groups in total. The van der Waals surface area contributed by atoms with E-state index in [0.29, 0.717) is 58.8 Å². The number of rotatable bonds is 4. The summed E-state index contributed by atoms with van der Waals surface area (Å²) < 4.78 is 9.08.